The Hall–Kier alpha value is -1.19. The van der Waals surface area contributed by atoms with Gasteiger partial charge >= 0.3 is 5.97 Å². The van der Waals surface area contributed by atoms with Crippen LogP contribution in [-0.4, -0.2) is 16.1 Å². The van der Waals surface area contributed by atoms with Crippen molar-refractivity contribution in [1.82, 2.24) is 4.98 Å². The Morgan fingerprint density at radius 1 is 1.38 bits per heavy atom. The maximum Gasteiger partial charge on any atom is 0.358 e. The normalized spacial score (nSPS) is 10.8. The van der Waals surface area contributed by atoms with Gasteiger partial charge in [0.25, 0.3) is 0 Å². The molecular weight excluding hydrogens is 469 g/mol. The molecule has 3 rings (SSSR count). The highest BCUT2D eigenvalue weighted by Gasteiger charge is 2.23. The summed E-state index contributed by atoms with van der Waals surface area (Å²) < 4.78 is 7.47. The zero-order chi connectivity index (χ0) is 15.0. The fraction of sp³-hybridized carbons (Fsp3) is 0. The van der Waals surface area contributed by atoms with E-state index in [-0.39, 0.29) is 11.5 Å². The Labute approximate surface area is 146 Å². The summed E-state index contributed by atoms with van der Waals surface area (Å²) in [6, 6.07) is 9.35. The third-order valence-electron chi connectivity index (χ3n) is 2.73. The fourth-order valence-electron chi connectivity index (χ4n) is 1.82. The molecule has 0 radical (unpaired) electrons. The number of aromatic nitrogens is 1. The molecule has 0 unspecified atom stereocenters. The van der Waals surface area contributed by atoms with Gasteiger partial charge in [-0.05, 0) is 52.2 Å². The van der Waals surface area contributed by atoms with Gasteiger partial charge in [-0.25, -0.2) is 9.78 Å². The van der Waals surface area contributed by atoms with E-state index in [1.54, 1.807) is 0 Å². The minimum Gasteiger partial charge on any atom is -0.476 e. The molecule has 0 spiro atoms. The van der Waals surface area contributed by atoms with Gasteiger partial charge in [-0.1, -0.05) is 22.0 Å². The average Bonchev–Trinajstić information content (AvgIpc) is 3.09. The van der Waals surface area contributed by atoms with Crippen LogP contribution in [0.4, 0.5) is 0 Å². The molecule has 0 atom stereocenters. The zero-order valence-corrected chi connectivity index (χ0v) is 14.9. The molecule has 4 nitrogen and oxygen atoms in total. The molecule has 106 valence electrons. The van der Waals surface area contributed by atoms with Crippen molar-refractivity contribution < 1.29 is 14.3 Å². The molecule has 1 N–H and O–H groups in total. The first kappa shape index (κ1) is 14.7. The van der Waals surface area contributed by atoms with Crippen molar-refractivity contribution in [3.8, 4) is 22.1 Å². The predicted molar refractivity (Wildman–Crippen MR) is 92.6 cm³/mol. The second-order valence-corrected chi connectivity index (χ2v) is 7.15. The van der Waals surface area contributed by atoms with Crippen molar-refractivity contribution in [2.45, 2.75) is 0 Å². The van der Waals surface area contributed by atoms with Crippen molar-refractivity contribution in [3.05, 3.63) is 49.4 Å². The SMILES string of the molecule is O=C(O)c1nc(-c2cccs2)oc1-c1cc(I)ccc1Br. The molecule has 0 saturated carbocycles. The topological polar surface area (TPSA) is 63.3 Å². The van der Waals surface area contributed by atoms with Crippen molar-refractivity contribution in [2.75, 3.05) is 0 Å². The van der Waals surface area contributed by atoms with Gasteiger partial charge in [-0.2, -0.15) is 0 Å². The Kier molecular flexibility index (Phi) is 4.14. The second-order valence-electron chi connectivity index (χ2n) is 4.10. The van der Waals surface area contributed by atoms with Crippen LogP contribution >= 0.6 is 49.9 Å². The predicted octanol–water partition coefficient (Wildman–Crippen LogP) is 5.14. The van der Waals surface area contributed by atoms with Crippen LogP contribution in [-0.2, 0) is 0 Å². The molecule has 0 aliphatic carbocycles. The maximum absolute atomic E-state index is 11.4. The number of carboxylic acid groups (broad SMARTS) is 1. The van der Waals surface area contributed by atoms with Crippen LogP contribution in [0.2, 0.25) is 0 Å². The molecule has 3 aromatic rings. The molecule has 0 amide bonds. The largest absolute Gasteiger partial charge is 0.476 e. The summed E-state index contributed by atoms with van der Waals surface area (Å²) in [6.07, 6.45) is 0. The summed E-state index contributed by atoms with van der Waals surface area (Å²) in [5.74, 6) is -0.526. The zero-order valence-electron chi connectivity index (χ0n) is 10.3. The Bertz CT molecular complexity index is 814. The summed E-state index contributed by atoms with van der Waals surface area (Å²) in [7, 11) is 0. The van der Waals surface area contributed by atoms with Crippen LogP contribution in [0, 0.1) is 3.57 Å². The Morgan fingerprint density at radius 3 is 2.86 bits per heavy atom. The molecule has 0 saturated heterocycles. The van der Waals surface area contributed by atoms with Crippen molar-refractivity contribution in [2.24, 2.45) is 0 Å². The van der Waals surface area contributed by atoms with E-state index < -0.39 is 5.97 Å². The highest BCUT2D eigenvalue weighted by Crippen LogP contribution is 2.36. The average molecular weight is 476 g/mol. The van der Waals surface area contributed by atoms with E-state index >= 15 is 0 Å². The molecule has 0 aliphatic heterocycles. The van der Waals surface area contributed by atoms with Crippen molar-refractivity contribution >= 4 is 55.8 Å². The highest BCUT2D eigenvalue weighted by atomic mass is 127. The number of carbonyl (C=O) groups is 1. The minimum absolute atomic E-state index is 0.0823. The first-order chi connectivity index (χ1) is 10.1. The lowest BCUT2D eigenvalue weighted by molar-refractivity contribution is 0.0691. The van der Waals surface area contributed by atoms with Crippen LogP contribution in [0.5, 0.6) is 0 Å². The van der Waals surface area contributed by atoms with E-state index in [2.05, 4.69) is 43.5 Å². The lowest BCUT2D eigenvalue weighted by Crippen LogP contribution is -1.99. The highest BCUT2D eigenvalue weighted by molar-refractivity contribution is 14.1. The van der Waals surface area contributed by atoms with Gasteiger partial charge in [-0.3, -0.25) is 0 Å². The third kappa shape index (κ3) is 2.90. The van der Waals surface area contributed by atoms with E-state index in [1.165, 1.54) is 11.3 Å². The van der Waals surface area contributed by atoms with E-state index in [0.717, 1.165) is 12.9 Å². The first-order valence-electron chi connectivity index (χ1n) is 5.79. The number of halogens is 2. The van der Waals surface area contributed by atoms with Crippen LogP contribution in [0.15, 0.2) is 44.6 Å². The molecule has 2 heterocycles. The van der Waals surface area contributed by atoms with Gasteiger partial charge in [0.05, 0.1) is 4.88 Å². The molecule has 0 fully saturated rings. The van der Waals surface area contributed by atoms with Crippen molar-refractivity contribution in [1.29, 1.82) is 0 Å². The number of oxazole rings is 1. The summed E-state index contributed by atoms with van der Waals surface area (Å²) in [5, 5.41) is 11.3. The third-order valence-corrected chi connectivity index (χ3v) is 4.96. The summed E-state index contributed by atoms with van der Waals surface area (Å²) in [4.78, 5) is 16.4. The molecule has 0 bridgehead atoms. The molecule has 0 aliphatic rings. The van der Waals surface area contributed by atoms with Gasteiger partial charge in [0, 0.05) is 13.6 Å². The van der Waals surface area contributed by atoms with E-state index in [1.807, 2.05) is 35.7 Å². The van der Waals surface area contributed by atoms with E-state index in [0.29, 0.717) is 11.5 Å². The van der Waals surface area contributed by atoms with E-state index in [9.17, 15) is 9.90 Å². The number of aromatic carboxylic acids is 1. The minimum atomic E-state index is -1.11. The monoisotopic (exact) mass is 475 g/mol. The number of carboxylic acids is 1. The van der Waals surface area contributed by atoms with Gasteiger partial charge in [0.15, 0.2) is 11.5 Å². The van der Waals surface area contributed by atoms with Gasteiger partial charge < -0.3 is 9.52 Å². The summed E-state index contributed by atoms with van der Waals surface area (Å²) >= 11 is 7.04. The lowest BCUT2D eigenvalue weighted by Gasteiger charge is -2.02. The van der Waals surface area contributed by atoms with Crippen LogP contribution < -0.4 is 0 Å². The number of hydrogen-bond donors (Lipinski definition) is 1. The van der Waals surface area contributed by atoms with Crippen molar-refractivity contribution in [3.63, 3.8) is 0 Å². The van der Waals surface area contributed by atoms with Crippen LogP contribution in [0.25, 0.3) is 22.1 Å². The standard InChI is InChI=1S/C14H7BrINO3S/c15-9-4-3-7(16)6-8(9)12-11(14(18)19)17-13(20-12)10-2-1-5-21-10/h1-6H,(H,18,19). The van der Waals surface area contributed by atoms with E-state index in [4.69, 9.17) is 4.42 Å². The number of thiophene rings is 1. The Balaban J connectivity index is 2.21. The number of rotatable bonds is 3. The smallest absolute Gasteiger partial charge is 0.358 e. The Morgan fingerprint density at radius 2 is 2.19 bits per heavy atom. The van der Waals surface area contributed by atoms with Gasteiger partial charge in [0.1, 0.15) is 0 Å². The molecule has 2 aromatic heterocycles. The quantitative estimate of drug-likeness (QED) is 0.533. The van der Waals surface area contributed by atoms with Crippen LogP contribution in [0.1, 0.15) is 10.5 Å². The lowest BCUT2D eigenvalue weighted by atomic mass is 10.1. The number of benzene rings is 1. The second kappa shape index (κ2) is 5.90. The molecule has 1 aromatic carbocycles. The first-order valence-corrected chi connectivity index (χ1v) is 8.55. The number of nitrogens with zero attached hydrogens (tertiary/aromatic N) is 1. The summed E-state index contributed by atoms with van der Waals surface area (Å²) in [6.45, 7) is 0. The number of hydrogen-bond acceptors (Lipinski definition) is 4. The van der Waals surface area contributed by atoms with Crippen LogP contribution in [0.3, 0.4) is 0 Å². The fourth-order valence-corrected chi connectivity index (χ4v) is 3.39. The van der Waals surface area contributed by atoms with Gasteiger partial charge in [0.2, 0.25) is 5.89 Å². The molecular formula is C14H7BrINO3S. The molecule has 7 heteroatoms. The molecule has 21 heavy (non-hydrogen) atoms. The maximum atomic E-state index is 11.4. The van der Waals surface area contributed by atoms with Gasteiger partial charge in [-0.15, -0.1) is 11.3 Å². The summed E-state index contributed by atoms with van der Waals surface area (Å²) in [5.41, 5.74) is 0.593.